The summed E-state index contributed by atoms with van der Waals surface area (Å²) in [6.45, 7) is 11.9. The fraction of sp³-hybridized carbons (Fsp3) is 0.579. The molecule has 0 spiro atoms. The molecule has 1 atom stereocenters. The van der Waals surface area contributed by atoms with Crippen molar-refractivity contribution in [2.75, 3.05) is 37.6 Å². The van der Waals surface area contributed by atoms with Crippen molar-refractivity contribution in [3.05, 3.63) is 46.0 Å². The summed E-state index contributed by atoms with van der Waals surface area (Å²) >= 11 is 0. The van der Waals surface area contributed by atoms with Gasteiger partial charge in [-0.3, -0.25) is 15.0 Å². The molecule has 1 aromatic rings. The lowest BCUT2D eigenvalue weighted by molar-refractivity contribution is -0.384. The van der Waals surface area contributed by atoms with E-state index in [1.54, 1.807) is 12.1 Å². The van der Waals surface area contributed by atoms with Crippen LogP contribution < -0.4 is 4.90 Å². The Morgan fingerprint density at radius 2 is 1.83 bits per heavy atom. The minimum absolute atomic E-state index is 0.155. The minimum Gasteiger partial charge on any atom is -0.369 e. The summed E-state index contributed by atoms with van der Waals surface area (Å²) in [7, 11) is 0. The van der Waals surface area contributed by atoms with Crippen LogP contribution in [0.15, 0.2) is 35.9 Å². The zero-order valence-corrected chi connectivity index (χ0v) is 15.1. The summed E-state index contributed by atoms with van der Waals surface area (Å²) in [5.41, 5.74) is 2.64. The van der Waals surface area contributed by atoms with Gasteiger partial charge in [0.15, 0.2) is 0 Å². The van der Waals surface area contributed by atoms with Gasteiger partial charge < -0.3 is 4.90 Å². The molecule has 0 bridgehead atoms. The third-order valence-corrected chi connectivity index (χ3v) is 4.58. The van der Waals surface area contributed by atoms with Gasteiger partial charge in [-0.1, -0.05) is 18.6 Å². The van der Waals surface area contributed by atoms with Crippen LogP contribution in [0.5, 0.6) is 0 Å². The van der Waals surface area contributed by atoms with E-state index >= 15 is 0 Å². The van der Waals surface area contributed by atoms with Crippen molar-refractivity contribution in [1.29, 1.82) is 0 Å². The quantitative estimate of drug-likeness (QED) is 0.429. The number of allylic oxidation sites excluding steroid dienone is 2. The van der Waals surface area contributed by atoms with Crippen LogP contribution in [0, 0.1) is 16.0 Å². The number of non-ortho nitro benzene ring substituents is 1. The van der Waals surface area contributed by atoms with E-state index in [1.807, 2.05) is 12.1 Å². The highest BCUT2D eigenvalue weighted by Crippen LogP contribution is 2.21. The fourth-order valence-corrected chi connectivity index (χ4v) is 3.16. The van der Waals surface area contributed by atoms with E-state index in [-0.39, 0.29) is 10.6 Å². The van der Waals surface area contributed by atoms with Gasteiger partial charge in [0.05, 0.1) is 4.92 Å². The Labute approximate surface area is 145 Å². The Balaban J connectivity index is 1.76. The fourth-order valence-electron chi connectivity index (χ4n) is 3.16. The summed E-state index contributed by atoms with van der Waals surface area (Å²) in [5, 5.41) is 10.7. The molecule has 5 nitrogen and oxygen atoms in total. The number of nitro groups is 1. The SMILES string of the molecule is CC(C)=CCCC(C)CN1CCN(c2ccc([N+](=O)[O-])cc2)CC1. The molecule has 0 radical (unpaired) electrons. The van der Waals surface area contributed by atoms with Gasteiger partial charge in [-0.05, 0) is 44.7 Å². The van der Waals surface area contributed by atoms with Gasteiger partial charge in [0, 0.05) is 50.5 Å². The van der Waals surface area contributed by atoms with Crippen LogP contribution in [0.1, 0.15) is 33.6 Å². The first-order chi connectivity index (χ1) is 11.5. The average Bonchev–Trinajstić information content (AvgIpc) is 2.55. The molecule has 5 heteroatoms. The average molecular weight is 331 g/mol. The van der Waals surface area contributed by atoms with Crippen LogP contribution >= 0.6 is 0 Å². The van der Waals surface area contributed by atoms with E-state index in [1.165, 1.54) is 18.4 Å². The summed E-state index contributed by atoms with van der Waals surface area (Å²) in [4.78, 5) is 15.2. The predicted molar refractivity (Wildman–Crippen MR) is 99.6 cm³/mol. The summed E-state index contributed by atoms with van der Waals surface area (Å²) in [6, 6.07) is 6.89. The molecule has 1 aliphatic heterocycles. The molecule has 24 heavy (non-hydrogen) atoms. The molecule has 0 N–H and O–H groups in total. The Kier molecular flexibility index (Phi) is 6.79. The second-order valence-electron chi connectivity index (χ2n) is 7.03. The van der Waals surface area contributed by atoms with Crippen LogP contribution in [-0.4, -0.2) is 42.5 Å². The lowest BCUT2D eigenvalue weighted by Crippen LogP contribution is -2.47. The second-order valence-corrected chi connectivity index (χ2v) is 7.03. The Morgan fingerprint density at radius 3 is 2.38 bits per heavy atom. The Bertz CT molecular complexity index is 556. The molecular formula is C19H29N3O2. The highest BCUT2D eigenvalue weighted by atomic mass is 16.6. The van der Waals surface area contributed by atoms with Gasteiger partial charge in [-0.2, -0.15) is 0 Å². The van der Waals surface area contributed by atoms with Crippen LogP contribution in [0.2, 0.25) is 0 Å². The molecule has 1 fully saturated rings. The molecule has 0 amide bonds. The number of nitrogens with zero attached hydrogens (tertiary/aromatic N) is 3. The summed E-state index contributed by atoms with van der Waals surface area (Å²) in [6.07, 6.45) is 4.74. The maximum absolute atomic E-state index is 10.7. The van der Waals surface area contributed by atoms with Crippen LogP contribution in [0.4, 0.5) is 11.4 Å². The van der Waals surface area contributed by atoms with Crippen molar-refractivity contribution in [3.8, 4) is 0 Å². The van der Waals surface area contributed by atoms with Crippen molar-refractivity contribution in [2.45, 2.75) is 33.6 Å². The molecule has 0 aliphatic carbocycles. The Hall–Kier alpha value is -1.88. The molecule has 1 aliphatic rings. The van der Waals surface area contributed by atoms with Crippen LogP contribution in [0.25, 0.3) is 0 Å². The predicted octanol–water partition coefficient (Wildman–Crippen LogP) is 4.10. The topological polar surface area (TPSA) is 49.6 Å². The number of rotatable bonds is 7. The first-order valence-electron chi connectivity index (χ1n) is 8.81. The normalized spacial score (nSPS) is 16.7. The lowest BCUT2D eigenvalue weighted by Gasteiger charge is -2.37. The number of hydrogen-bond acceptors (Lipinski definition) is 4. The van der Waals surface area contributed by atoms with Crippen LogP contribution in [-0.2, 0) is 0 Å². The van der Waals surface area contributed by atoms with Gasteiger partial charge in [-0.25, -0.2) is 0 Å². The maximum Gasteiger partial charge on any atom is 0.269 e. The maximum atomic E-state index is 10.7. The van der Waals surface area contributed by atoms with E-state index in [0.29, 0.717) is 5.92 Å². The number of benzene rings is 1. The van der Waals surface area contributed by atoms with Gasteiger partial charge in [0.1, 0.15) is 0 Å². The highest BCUT2D eigenvalue weighted by Gasteiger charge is 2.19. The zero-order chi connectivity index (χ0) is 17.5. The molecule has 1 aromatic carbocycles. The summed E-state index contributed by atoms with van der Waals surface area (Å²) in [5.74, 6) is 0.714. The Morgan fingerprint density at radius 1 is 1.21 bits per heavy atom. The largest absolute Gasteiger partial charge is 0.369 e. The van der Waals surface area contributed by atoms with Gasteiger partial charge in [0.25, 0.3) is 5.69 Å². The number of anilines is 1. The highest BCUT2D eigenvalue weighted by molar-refractivity contribution is 5.51. The van der Waals surface area contributed by atoms with Crippen LogP contribution in [0.3, 0.4) is 0 Å². The summed E-state index contributed by atoms with van der Waals surface area (Å²) < 4.78 is 0. The van der Waals surface area contributed by atoms with Crippen molar-refractivity contribution >= 4 is 11.4 Å². The first-order valence-corrected chi connectivity index (χ1v) is 8.81. The standard InChI is InChI=1S/C19H29N3O2/c1-16(2)5-4-6-17(3)15-20-11-13-21(14-12-20)18-7-9-19(10-8-18)22(23)24/h5,7-10,17H,4,6,11-15H2,1-3H3. The van der Waals surface area contributed by atoms with E-state index in [2.05, 4.69) is 36.6 Å². The monoisotopic (exact) mass is 331 g/mol. The molecule has 132 valence electrons. The zero-order valence-electron chi connectivity index (χ0n) is 15.1. The van der Waals surface area contributed by atoms with E-state index < -0.39 is 0 Å². The molecule has 0 aromatic heterocycles. The third kappa shape index (κ3) is 5.64. The van der Waals surface area contributed by atoms with Crippen molar-refractivity contribution in [2.24, 2.45) is 5.92 Å². The molecule has 1 unspecified atom stereocenters. The second kappa shape index (κ2) is 8.83. The van der Waals surface area contributed by atoms with Crippen molar-refractivity contribution in [1.82, 2.24) is 4.90 Å². The molecule has 1 saturated heterocycles. The molecule has 0 saturated carbocycles. The van der Waals surface area contributed by atoms with E-state index in [0.717, 1.165) is 38.4 Å². The minimum atomic E-state index is -0.349. The van der Waals surface area contributed by atoms with E-state index in [9.17, 15) is 10.1 Å². The van der Waals surface area contributed by atoms with Gasteiger partial charge in [-0.15, -0.1) is 0 Å². The lowest BCUT2D eigenvalue weighted by atomic mass is 10.0. The van der Waals surface area contributed by atoms with E-state index in [4.69, 9.17) is 0 Å². The molecule has 2 rings (SSSR count). The van der Waals surface area contributed by atoms with Crippen molar-refractivity contribution in [3.63, 3.8) is 0 Å². The first kappa shape index (κ1) is 18.5. The third-order valence-electron chi connectivity index (χ3n) is 4.58. The molecule has 1 heterocycles. The molecular weight excluding hydrogens is 302 g/mol. The number of piperazine rings is 1. The number of hydrogen-bond donors (Lipinski definition) is 0. The van der Waals surface area contributed by atoms with Gasteiger partial charge >= 0.3 is 0 Å². The van der Waals surface area contributed by atoms with Gasteiger partial charge in [0.2, 0.25) is 0 Å². The number of nitro benzene ring substituents is 1. The van der Waals surface area contributed by atoms with Crippen molar-refractivity contribution < 1.29 is 4.92 Å². The smallest absolute Gasteiger partial charge is 0.269 e.